The van der Waals surface area contributed by atoms with Crippen LogP contribution in [0.4, 0.5) is 5.69 Å². The Labute approximate surface area is 177 Å². The van der Waals surface area contributed by atoms with Gasteiger partial charge in [0.25, 0.3) is 0 Å². The number of carbonyl (C=O) groups is 2. The SMILES string of the molecule is CCOC(=O)c1cn2cc(NC(=O)[C@H]3NCC[C@H]3C3CCCCC3)ccc2n1.Cl. The minimum atomic E-state index is -0.442. The Bertz CT molecular complexity index is 863. The van der Waals surface area contributed by atoms with E-state index in [-0.39, 0.29) is 30.0 Å². The van der Waals surface area contributed by atoms with E-state index in [1.54, 1.807) is 29.8 Å². The van der Waals surface area contributed by atoms with Gasteiger partial charge in [0.05, 0.1) is 18.3 Å². The number of rotatable bonds is 5. The first-order chi connectivity index (χ1) is 13.7. The molecule has 3 heterocycles. The van der Waals surface area contributed by atoms with Gasteiger partial charge in [0.1, 0.15) is 5.65 Å². The van der Waals surface area contributed by atoms with Crippen molar-refractivity contribution in [3.8, 4) is 0 Å². The van der Waals surface area contributed by atoms with E-state index in [1.807, 2.05) is 6.07 Å². The van der Waals surface area contributed by atoms with Crippen LogP contribution >= 0.6 is 12.4 Å². The molecule has 1 aliphatic heterocycles. The maximum atomic E-state index is 12.9. The van der Waals surface area contributed by atoms with Gasteiger partial charge in [-0.05, 0) is 43.9 Å². The summed E-state index contributed by atoms with van der Waals surface area (Å²) in [6.07, 6.45) is 10.9. The second-order valence-electron chi connectivity index (χ2n) is 7.80. The summed E-state index contributed by atoms with van der Waals surface area (Å²) >= 11 is 0. The number of nitrogens with zero attached hydrogens (tertiary/aromatic N) is 2. The minimum Gasteiger partial charge on any atom is -0.461 e. The predicted molar refractivity (Wildman–Crippen MR) is 113 cm³/mol. The Balaban J connectivity index is 0.00000240. The van der Waals surface area contributed by atoms with E-state index >= 15 is 0 Å². The van der Waals surface area contributed by atoms with Gasteiger partial charge in [-0.25, -0.2) is 9.78 Å². The Kier molecular flexibility index (Phi) is 7.14. The highest BCUT2D eigenvalue weighted by Crippen LogP contribution is 2.36. The molecule has 2 aromatic rings. The summed E-state index contributed by atoms with van der Waals surface area (Å²) in [5.74, 6) is 0.663. The molecule has 0 unspecified atom stereocenters. The van der Waals surface area contributed by atoms with Crippen molar-refractivity contribution in [3.63, 3.8) is 0 Å². The first-order valence-corrected chi connectivity index (χ1v) is 10.4. The third kappa shape index (κ3) is 4.73. The normalized spacial score (nSPS) is 22.2. The molecule has 1 amide bonds. The number of pyridine rings is 1. The number of imidazole rings is 1. The molecule has 0 bridgehead atoms. The number of esters is 1. The van der Waals surface area contributed by atoms with Crippen LogP contribution in [0.1, 0.15) is 55.9 Å². The zero-order valence-corrected chi connectivity index (χ0v) is 17.5. The van der Waals surface area contributed by atoms with E-state index in [2.05, 4.69) is 15.6 Å². The Morgan fingerprint density at radius 2 is 2.00 bits per heavy atom. The molecule has 2 N–H and O–H groups in total. The first kappa shape index (κ1) is 21.6. The molecule has 0 radical (unpaired) electrons. The fourth-order valence-corrected chi connectivity index (χ4v) is 4.67. The predicted octanol–water partition coefficient (Wildman–Crippen LogP) is 3.43. The third-order valence-electron chi connectivity index (χ3n) is 6.01. The number of amides is 1. The molecule has 1 aliphatic carbocycles. The van der Waals surface area contributed by atoms with Gasteiger partial charge in [-0.1, -0.05) is 32.1 Å². The lowest BCUT2D eigenvalue weighted by Crippen LogP contribution is -2.42. The van der Waals surface area contributed by atoms with Crippen molar-refractivity contribution < 1.29 is 14.3 Å². The van der Waals surface area contributed by atoms with Crippen LogP contribution in [0, 0.1) is 11.8 Å². The zero-order valence-electron chi connectivity index (χ0n) is 16.7. The number of ether oxygens (including phenoxy) is 1. The number of carbonyl (C=O) groups excluding carboxylic acids is 2. The molecule has 2 fully saturated rings. The smallest absolute Gasteiger partial charge is 0.358 e. The maximum absolute atomic E-state index is 12.9. The van der Waals surface area contributed by atoms with E-state index in [0.29, 0.717) is 29.8 Å². The van der Waals surface area contributed by atoms with Gasteiger partial charge in [-0.15, -0.1) is 12.4 Å². The second-order valence-corrected chi connectivity index (χ2v) is 7.80. The molecule has 7 nitrogen and oxygen atoms in total. The second kappa shape index (κ2) is 9.59. The van der Waals surface area contributed by atoms with Crippen LogP contribution in [0.2, 0.25) is 0 Å². The summed E-state index contributed by atoms with van der Waals surface area (Å²) in [6.45, 7) is 2.98. The van der Waals surface area contributed by atoms with Gasteiger partial charge in [0.15, 0.2) is 5.69 Å². The lowest BCUT2D eigenvalue weighted by Gasteiger charge is -2.30. The molecular formula is C21H29ClN4O3. The van der Waals surface area contributed by atoms with Gasteiger partial charge in [-0.2, -0.15) is 0 Å². The fourth-order valence-electron chi connectivity index (χ4n) is 4.67. The quantitative estimate of drug-likeness (QED) is 0.724. The van der Waals surface area contributed by atoms with Crippen LogP contribution in [0.3, 0.4) is 0 Å². The van der Waals surface area contributed by atoms with Crippen molar-refractivity contribution in [2.45, 2.75) is 51.5 Å². The number of halogens is 1. The number of anilines is 1. The molecule has 2 aromatic heterocycles. The molecular weight excluding hydrogens is 392 g/mol. The number of nitrogens with one attached hydrogen (secondary N) is 2. The van der Waals surface area contributed by atoms with Crippen LogP contribution in [0.15, 0.2) is 24.5 Å². The lowest BCUT2D eigenvalue weighted by atomic mass is 9.76. The molecule has 4 rings (SSSR count). The van der Waals surface area contributed by atoms with Gasteiger partial charge in [-0.3, -0.25) is 4.79 Å². The lowest BCUT2D eigenvalue weighted by molar-refractivity contribution is -0.119. The van der Waals surface area contributed by atoms with Crippen molar-refractivity contribution in [1.29, 1.82) is 0 Å². The van der Waals surface area contributed by atoms with E-state index in [9.17, 15) is 9.59 Å². The molecule has 0 spiro atoms. The van der Waals surface area contributed by atoms with Crippen molar-refractivity contribution in [1.82, 2.24) is 14.7 Å². The molecule has 29 heavy (non-hydrogen) atoms. The van der Waals surface area contributed by atoms with Crippen LogP contribution < -0.4 is 10.6 Å². The molecule has 2 atom stereocenters. The highest BCUT2D eigenvalue weighted by molar-refractivity contribution is 5.95. The maximum Gasteiger partial charge on any atom is 0.358 e. The number of aromatic nitrogens is 2. The molecule has 8 heteroatoms. The third-order valence-corrected chi connectivity index (χ3v) is 6.01. The summed E-state index contributed by atoms with van der Waals surface area (Å²) in [4.78, 5) is 29.1. The van der Waals surface area contributed by atoms with Crippen LogP contribution in [-0.2, 0) is 9.53 Å². The summed E-state index contributed by atoms with van der Waals surface area (Å²) in [5, 5.41) is 6.44. The van der Waals surface area contributed by atoms with Crippen LogP contribution in [0.5, 0.6) is 0 Å². The van der Waals surface area contributed by atoms with Crippen LogP contribution in [-0.4, -0.2) is 40.5 Å². The van der Waals surface area contributed by atoms with E-state index in [0.717, 1.165) is 13.0 Å². The zero-order chi connectivity index (χ0) is 19.5. The first-order valence-electron chi connectivity index (χ1n) is 10.4. The summed E-state index contributed by atoms with van der Waals surface area (Å²) in [7, 11) is 0. The van der Waals surface area contributed by atoms with Crippen LogP contribution in [0.25, 0.3) is 5.65 Å². The van der Waals surface area contributed by atoms with E-state index in [4.69, 9.17) is 4.74 Å². The van der Waals surface area contributed by atoms with E-state index in [1.165, 1.54) is 32.1 Å². The van der Waals surface area contributed by atoms with Gasteiger partial charge >= 0.3 is 5.97 Å². The Morgan fingerprint density at radius 1 is 1.21 bits per heavy atom. The van der Waals surface area contributed by atoms with Crippen molar-refractivity contribution >= 4 is 35.6 Å². The largest absolute Gasteiger partial charge is 0.461 e. The highest BCUT2D eigenvalue weighted by atomic mass is 35.5. The molecule has 1 saturated carbocycles. The average Bonchev–Trinajstić information content (AvgIpc) is 3.36. The summed E-state index contributed by atoms with van der Waals surface area (Å²) in [5.41, 5.74) is 1.60. The summed E-state index contributed by atoms with van der Waals surface area (Å²) in [6, 6.07) is 3.48. The highest BCUT2D eigenvalue weighted by Gasteiger charge is 2.38. The molecule has 1 saturated heterocycles. The fraction of sp³-hybridized carbons (Fsp3) is 0.571. The topological polar surface area (TPSA) is 84.7 Å². The monoisotopic (exact) mass is 420 g/mol. The molecule has 0 aromatic carbocycles. The molecule has 158 valence electrons. The molecule has 2 aliphatic rings. The van der Waals surface area contributed by atoms with Crippen molar-refractivity contribution in [2.75, 3.05) is 18.5 Å². The number of hydrogen-bond donors (Lipinski definition) is 2. The Hall–Kier alpha value is -2.12. The van der Waals surface area contributed by atoms with E-state index < -0.39 is 5.97 Å². The summed E-state index contributed by atoms with van der Waals surface area (Å²) < 4.78 is 6.74. The number of fused-ring (bicyclic) bond motifs is 1. The van der Waals surface area contributed by atoms with Crippen molar-refractivity contribution in [3.05, 3.63) is 30.2 Å². The number of hydrogen-bond acceptors (Lipinski definition) is 5. The standard InChI is InChI=1S/C21H28N4O3.ClH/c1-2-28-21(27)17-13-25-12-15(8-9-18(25)24-17)23-20(26)19-16(10-11-22-19)14-6-4-3-5-7-14;/h8-9,12-14,16,19,22H,2-7,10-11H2,1H3,(H,23,26);1H/t16-,19-;/m0./s1. The van der Waals surface area contributed by atoms with Gasteiger partial charge in [0, 0.05) is 12.4 Å². The van der Waals surface area contributed by atoms with Crippen molar-refractivity contribution in [2.24, 2.45) is 11.8 Å². The van der Waals surface area contributed by atoms with Gasteiger partial charge in [0.2, 0.25) is 5.91 Å². The Morgan fingerprint density at radius 3 is 2.76 bits per heavy atom. The van der Waals surface area contributed by atoms with Gasteiger partial charge < -0.3 is 19.8 Å². The minimum absolute atomic E-state index is 0. The average molecular weight is 421 g/mol.